The molecule has 1 heterocycles. The lowest BCUT2D eigenvalue weighted by molar-refractivity contribution is 0.0915. The van der Waals surface area contributed by atoms with E-state index in [2.05, 4.69) is 52.0 Å². The van der Waals surface area contributed by atoms with Gasteiger partial charge >= 0.3 is 0 Å². The molecule has 0 radical (unpaired) electrons. The summed E-state index contributed by atoms with van der Waals surface area (Å²) in [6, 6.07) is 18.8. The first kappa shape index (κ1) is 24.5. The molecule has 6 heteroatoms. The molecule has 0 bridgehead atoms. The van der Waals surface area contributed by atoms with E-state index in [9.17, 15) is 0 Å². The van der Waals surface area contributed by atoms with Crippen molar-refractivity contribution >= 4 is 29.9 Å². The Morgan fingerprint density at radius 3 is 2.53 bits per heavy atom. The Bertz CT molecular complexity index is 753. The van der Waals surface area contributed by atoms with Gasteiger partial charge in [-0.25, -0.2) is 0 Å². The van der Waals surface area contributed by atoms with Gasteiger partial charge in [0.2, 0.25) is 0 Å². The third kappa shape index (κ3) is 7.47. The van der Waals surface area contributed by atoms with Crippen molar-refractivity contribution in [3.05, 3.63) is 65.7 Å². The highest BCUT2D eigenvalue weighted by Crippen LogP contribution is 2.33. The number of nitrogens with zero attached hydrogens (tertiary/aromatic N) is 1. The molecule has 0 amide bonds. The topological polar surface area (TPSA) is 54.9 Å². The number of hydrogen-bond acceptors (Lipinski definition) is 3. The quantitative estimate of drug-likeness (QED) is 0.219. The molecule has 30 heavy (non-hydrogen) atoms. The van der Waals surface area contributed by atoms with Crippen LogP contribution in [0.4, 0.5) is 0 Å². The summed E-state index contributed by atoms with van der Waals surface area (Å²) >= 11 is 0. The van der Waals surface area contributed by atoms with Crippen LogP contribution in [-0.4, -0.2) is 39.8 Å². The maximum Gasteiger partial charge on any atom is 0.190 e. The second kappa shape index (κ2) is 13.5. The molecule has 0 aliphatic carbocycles. The Morgan fingerprint density at radius 2 is 1.83 bits per heavy atom. The standard InChI is InChI=1S/C24H33N3O2.HI/c1-25-24(26-16-7-6-8-19-11-13-22(28-2)14-12-19)27-18-21-15-17-29-23(21)20-9-4-3-5-10-20;/h3-5,9-14,21,23H,6-8,15-18H2,1-2H3,(H2,25,26,27);1H. The Labute approximate surface area is 197 Å². The predicted molar refractivity (Wildman–Crippen MR) is 134 cm³/mol. The minimum Gasteiger partial charge on any atom is -0.497 e. The van der Waals surface area contributed by atoms with Crippen LogP contribution in [0, 0.1) is 5.92 Å². The molecule has 0 spiro atoms. The second-order valence-electron chi connectivity index (χ2n) is 7.44. The number of aryl methyl sites for hydroxylation is 1. The first-order chi connectivity index (χ1) is 14.3. The van der Waals surface area contributed by atoms with Crippen LogP contribution < -0.4 is 15.4 Å². The van der Waals surface area contributed by atoms with Crippen molar-refractivity contribution in [3.63, 3.8) is 0 Å². The second-order valence-corrected chi connectivity index (χ2v) is 7.44. The lowest BCUT2D eigenvalue weighted by atomic mass is 9.95. The Balaban J connectivity index is 0.00000320. The van der Waals surface area contributed by atoms with Crippen molar-refractivity contribution in [2.75, 3.05) is 33.9 Å². The van der Waals surface area contributed by atoms with E-state index in [4.69, 9.17) is 9.47 Å². The van der Waals surface area contributed by atoms with Crippen LogP contribution in [0.3, 0.4) is 0 Å². The number of halogens is 1. The molecule has 1 aliphatic heterocycles. The van der Waals surface area contributed by atoms with E-state index in [0.717, 1.165) is 57.1 Å². The third-order valence-electron chi connectivity index (χ3n) is 5.44. The zero-order valence-electron chi connectivity index (χ0n) is 18.0. The highest BCUT2D eigenvalue weighted by Gasteiger charge is 2.29. The number of rotatable bonds is 9. The van der Waals surface area contributed by atoms with E-state index < -0.39 is 0 Å². The monoisotopic (exact) mass is 523 g/mol. The van der Waals surface area contributed by atoms with E-state index in [1.807, 2.05) is 25.2 Å². The lowest BCUT2D eigenvalue weighted by Crippen LogP contribution is -2.40. The van der Waals surface area contributed by atoms with Gasteiger partial charge in [0.15, 0.2) is 5.96 Å². The Morgan fingerprint density at radius 1 is 1.07 bits per heavy atom. The van der Waals surface area contributed by atoms with Gasteiger partial charge in [-0.15, -0.1) is 24.0 Å². The summed E-state index contributed by atoms with van der Waals surface area (Å²) in [4.78, 5) is 4.36. The van der Waals surface area contributed by atoms with Crippen LogP contribution in [0.1, 0.15) is 36.5 Å². The number of aliphatic imine (C=N–C) groups is 1. The van der Waals surface area contributed by atoms with Crippen LogP contribution in [0.25, 0.3) is 0 Å². The number of unbranched alkanes of at least 4 members (excludes halogenated alkanes) is 1. The summed E-state index contributed by atoms with van der Waals surface area (Å²) in [5.41, 5.74) is 2.61. The number of benzene rings is 2. The molecule has 2 N–H and O–H groups in total. The largest absolute Gasteiger partial charge is 0.497 e. The van der Waals surface area contributed by atoms with Crippen molar-refractivity contribution < 1.29 is 9.47 Å². The van der Waals surface area contributed by atoms with Gasteiger partial charge in [0.1, 0.15) is 5.75 Å². The predicted octanol–water partition coefficient (Wildman–Crippen LogP) is 4.58. The maximum atomic E-state index is 5.98. The van der Waals surface area contributed by atoms with Gasteiger partial charge in [-0.3, -0.25) is 4.99 Å². The van der Waals surface area contributed by atoms with Crippen molar-refractivity contribution in [1.29, 1.82) is 0 Å². The summed E-state index contributed by atoms with van der Waals surface area (Å²) < 4.78 is 11.2. The van der Waals surface area contributed by atoms with E-state index in [1.165, 1.54) is 11.1 Å². The zero-order valence-corrected chi connectivity index (χ0v) is 20.3. The lowest BCUT2D eigenvalue weighted by Gasteiger charge is -2.20. The molecule has 0 aromatic heterocycles. The summed E-state index contributed by atoms with van der Waals surface area (Å²) in [5, 5.41) is 6.91. The Hall–Kier alpha value is -1.80. The van der Waals surface area contributed by atoms with Crippen LogP contribution in [0.2, 0.25) is 0 Å². The van der Waals surface area contributed by atoms with Gasteiger partial charge in [-0.05, 0) is 48.9 Å². The molecule has 2 unspecified atom stereocenters. The van der Waals surface area contributed by atoms with Crippen LogP contribution >= 0.6 is 24.0 Å². The zero-order chi connectivity index (χ0) is 20.3. The van der Waals surface area contributed by atoms with E-state index >= 15 is 0 Å². The van der Waals surface area contributed by atoms with E-state index in [0.29, 0.717) is 5.92 Å². The fourth-order valence-corrected chi connectivity index (χ4v) is 3.76. The molecule has 5 nitrogen and oxygen atoms in total. The molecule has 0 saturated carbocycles. The first-order valence-corrected chi connectivity index (χ1v) is 10.5. The summed E-state index contributed by atoms with van der Waals surface area (Å²) in [6.07, 6.45) is 4.57. The van der Waals surface area contributed by atoms with Gasteiger partial charge in [-0.2, -0.15) is 0 Å². The summed E-state index contributed by atoms with van der Waals surface area (Å²) in [7, 11) is 3.52. The van der Waals surface area contributed by atoms with Crippen molar-refractivity contribution in [3.8, 4) is 5.75 Å². The van der Waals surface area contributed by atoms with E-state index in [-0.39, 0.29) is 30.1 Å². The average Bonchev–Trinajstić information content (AvgIpc) is 3.25. The Kier molecular flexibility index (Phi) is 11.0. The number of hydrogen-bond donors (Lipinski definition) is 2. The minimum atomic E-state index is 0. The number of ether oxygens (including phenoxy) is 2. The van der Waals surface area contributed by atoms with E-state index in [1.54, 1.807) is 7.11 Å². The number of guanidine groups is 1. The molecule has 1 saturated heterocycles. The number of methoxy groups -OCH3 is 1. The average molecular weight is 523 g/mol. The molecule has 2 aromatic carbocycles. The molecule has 164 valence electrons. The number of nitrogens with one attached hydrogen (secondary N) is 2. The van der Waals surface area contributed by atoms with Crippen LogP contribution in [0.15, 0.2) is 59.6 Å². The van der Waals surface area contributed by atoms with Gasteiger partial charge in [-0.1, -0.05) is 42.5 Å². The molecule has 1 fully saturated rings. The highest BCUT2D eigenvalue weighted by molar-refractivity contribution is 14.0. The van der Waals surface area contributed by atoms with Crippen molar-refractivity contribution in [2.24, 2.45) is 10.9 Å². The normalized spacial score (nSPS) is 18.5. The maximum absolute atomic E-state index is 5.98. The van der Waals surface area contributed by atoms with Gasteiger partial charge in [0.25, 0.3) is 0 Å². The van der Waals surface area contributed by atoms with Crippen molar-refractivity contribution in [2.45, 2.75) is 31.8 Å². The highest BCUT2D eigenvalue weighted by atomic mass is 127. The summed E-state index contributed by atoms with van der Waals surface area (Å²) in [5.74, 6) is 2.24. The first-order valence-electron chi connectivity index (χ1n) is 10.5. The van der Waals surface area contributed by atoms with Crippen molar-refractivity contribution in [1.82, 2.24) is 10.6 Å². The van der Waals surface area contributed by atoms with Gasteiger partial charge in [0.05, 0.1) is 13.2 Å². The SMILES string of the molecule is CN=C(NCCCCc1ccc(OC)cc1)NCC1CCOC1c1ccccc1.I. The van der Waals surface area contributed by atoms with Crippen LogP contribution in [-0.2, 0) is 11.2 Å². The van der Waals surface area contributed by atoms with Crippen LogP contribution in [0.5, 0.6) is 5.75 Å². The molecular formula is C24H34IN3O2. The van der Waals surface area contributed by atoms with Gasteiger partial charge in [0, 0.05) is 32.7 Å². The minimum absolute atomic E-state index is 0. The fourth-order valence-electron chi connectivity index (χ4n) is 3.76. The third-order valence-corrected chi connectivity index (χ3v) is 5.44. The smallest absolute Gasteiger partial charge is 0.190 e. The van der Waals surface area contributed by atoms with Gasteiger partial charge < -0.3 is 20.1 Å². The summed E-state index contributed by atoms with van der Waals surface area (Å²) in [6.45, 7) is 2.60. The molecule has 3 rings (SSSR count). The fraction of sp³-hybridized carbons (Fsp3) is 0.458. The molecule has 2 aromatic rings. The molecular weight excluding hydrogens is 489 g/mol. The molecule has 2 atom stereocenters. The molecule has 1 aliphatic rings.